The number of benzene rings is 1. The lowest BCUT2D eigenvalue weighted by molar-refractivity contribution is 0.535. The normalized spacial score (nSPS) is 14.2. The van der Waals surface area contributed by atoms with E-state index in [1.165, 1.54) is 0 Å². The minimum Gasteiger partial charge on any atom is -0.307 e. The predicted molar refractivity (Wildman–Crippen MR) is 95.1 cm³/mol. The molecule has 0 aromatic heterocycles. The van der Waals surface area contributed by atoms with Crippen molar-refractivity contribution in [1.29, 1.82) is 0 Å². The summed E-state index contributed by atoms with van der Waals surface area (Å²) >= 11 is 0. The van der Waals surface area contributed by atoms with Gasteiger partial charge in [0.25, 0.3) is 8.41 Å². The number of halogens is 1. The highest BCUT2D eigenvalue weighted by molar-refractivity contribution is 6.90. The van der Waals surface area contributed by atoms with Gasteiger partial charge >= 0.3 is 0 Å². The van der Waals surface area contributed by atoms with Gasteiger partial charge < -0.3 is 4.11 Å². The highest BCUT2D eigenvalue weighted by Crippen LogP contribution is 2.51. The molecule has 0 spiro atoms. The summed E-state index contributed by atoms with van der Waals surface area (Å²) in [6.07, 6.45) is 1.87. The fourth-order valence-electron chi connectivity index (χ4n) is 3.03. The van der Waals surface area contributed by atoms with Gasteiger partial charge in [-0.1, -0.05) is 65.8 Å². The van der Waals surface area contributed by atoms with Crippen molar-refractivity contribution < 1.29 is 4.11 Å². The van der Waals surface area contributed by atoms with Gasteiger partial charge in [0.15, 0.2) is 0 Å². The van der Waals surface area contributed by atoms with Gasteiger partial charge in [0.2, 0.25) is 0 Å². The molecule has 1 aromatic carbocycles. The fourth-order valence-corrected chi connectivity index (χ4v) is 7.63. The van der Waals surface area contributed by atoms with Crippen molar-refractivity contribution in [2.75, 3.05) is 0 Å². The third kappa shape index (κ3) is 3.82. The summed E-state index contributed by atoms with van der Waals surface area (Å²) in [6.45, 7) is 16.2. The van der Waals surface area contributed by atoms with Crippen molar-refractivity contribution >= 4 is 19.8 Å². The molecular weight excluding hydrogens is 277 g/mol. The molecule has 0 heterocycles. The first-order valence-electron chi connectivity index (χ1n) is 7.72. The van der Waals surface area contributed by atoms with Gasteiger partial charge in [0.1, 0.15) is 0 Å². The molecule has 3 heteroatoms. The highest BCUT2D eigenvalue weighted by atomic mass is 28.4. The van der Waals surface area contributed by atoms with E-state index in [-0.39, 0.29) is 16.1 Å². The Morgan fingerprint density at radius 1 is 0.952 bits per heavy atom. The number of hydrogen-bond donors (Lipinski definition) is 0. The SMILES string of the molecule is CC(C)N=Cc1ccc([Si](F)(C(C)(C)C)C(C)(C)C)cc1. The number of nitrogens with zero attached hydrogens (tertiary/aromatic N) is 1. The van der Waals surface area contributed by atoms with Gasteiger partial charge in [-0.05, 0) is 34.7 Å². The van der Waals surface area contributed by atoms with E-state index in [9.17, 15) is 0 Å². The first kappa shape index (κ1) is 18.1. The van der Waals surface area contributed by atoms with Crippen LogP contribution >= 0.6 is 0 Å². The quantitative estimate of drug-likeness (QED) is 0.411. The van der Waals surface area contributed by atoms with Crippen LogP contribution in [0.5, 0.6) is 0 Å². The molecule has 0 unspecified atom stereocenters. The van der Waals surface area contributed by atoms with Crippen molar-refractivity contribution in [3.63, 3.8) is 0 Å². The summed E-state index contributed by atoms with van der Waals surface area (Å²) in [4.78, 5) is 4.38. The first-order chi connectivity index (χ1) is 9.39. The second kappa shape index (κ2) is 6.03. The van der Waals surface area contributed by atoms with Crippen LogP contribution in [-0.4, -0.2) is 20.7 Å². The molecule has 0 radical (unpaired) electrons. The Morgan fingerprint density at radius 3 is 1.71 bits per heavy atom. The topological polar surface area (TPSA) is 12.4 Å². The van der Waals surface area contributed by atoms with Crippen LogP contribution in [0.15, 0.2) is 29.3 Å². The molecule has 0 N–H and O–H groups in total. The summed E-state index contributed by atoms with van der Waals surface area (Å²) in [7, 11) is -3.14. The molecule has 1 rings (SSSR count). The maximum Gasteiger partial charge on any atom is 0.288 e. The van der Waals surface area contributed by atoms with E-state index in [1.807, 2.05) is 85.9 Å². The van der Waals surface area contributed by atoms with Crippen molar-refractivity contribution in [3.8, 4) is 0 Å². The van der Waals surface area contributed by atoms with Crippen molar-refractivity contribution in [2.45, 2.75) is 71.5 Å². The molecule has 0 aliphatic carbocycles. The van der Waals surface area contributed by atoms with E-state index in [0.717, 1.165) is 10.8 Å². The number of aliphatic imine (C=N–C) groups is 1. The Bertz CT molecular complexity index is 475. The number of hydrogen-bond acceptors (Lipinski definition) is 1. The van der Waals surface area contributed by atoms with Crippen LogP contribution in [0.25, 0.3) is 0 Å². The average molecular weight is 308 g/mol. The third-order valence-electron chi connectivity index (χ3n) is 3.90. The lowest BCUT2D eigenvalue weighted by Gasteiger charge is -2.44. The van der Waals surface area contributed by atoms with Crippen molar-refractivity contribution in [1.82, 2.24) is 0 Å². The third-order valence-corrected chi connectivity index (χ3v) is 9.16. The zero-order valence-electron chi connectivity index (χ0n) is 14.8. The van der Waals surface area contributed by atoms with Crippen LogP contribution < -0.4 is 5.19 Å². The summed E-state index contributed by atoms with van der Waals surface area (Å²) < 4.78 is 16.1. The molecule has 118 valence electrons. The second-order valence-corrected chi connectivity index (χ2v) is 13.0. The molecule has 0 bridgehead atoms. The molecule has 0 saturated carbocycles. The lowest BCUT2D eigenvalue weighted by atomic mass is 10.2. The zero-order valence-corrected chi connectivity index (χ0v) is 15.8. The maximum absolute atomic E-state index is 16.1. The molecule has 0 saturated heterocycles. The van der Waals surface area contributed by atoms with E-state index >= 15 is 4.11 Å². The molecule has 0 amide bonds. The molecule has 1 nitrogen and oxygen atoms in total. The highest BCUT2D eigenvalue weighted by Gasteiger charge is 2.56. The van der Waals surface area contributed by atoms with Crippen LogP contribution in [0.4, 0.5) is 4.11 Å². The maximum atomic E-state index is 16.1. The second-order valence-electron chi connectivity index (χ2n) is 8.15. The molecule has 0 atom stereocenters. The van der Waals surface area contributed by atoms with Gasteiger partial charge in [0.05, 0.1) is 0 Å². The minimum atomic E-state index is -3.14. The molecule has 21 heavy (non-hydrogen) atoms. The molecule has 0 fully saturated rings. The van der Waals surface area contributed by atoms with Gasteiger partial charge in [-0.2, -0.15) is 0 Å². The largest absolute Gasteiger partial charge is 0.307 e. The van der Waals surface area contributed by atoms with E-state index in [0.29, 0.717) is 0 Å². The van der Waals surface area contributed by atoms with E-state index < -0.39 is 8.41 Å². The van der Waals surface area contributed by atoms with Gasteiger partial charge in [-0.25, -0.2) is 0 Å². The average Bonchev–Trinajstić information content (AvgIpc) is 2.33. The monoisotopic (exact) mass is 307 g/mol. The van der Waals surface area contributed by atoms with Crippen LogP contribution in [0.2, 0.25) is 10.1 Å². The van der Waals surface area contributed by atoms with Crippen LogP contribution in [0, 0.1) is 0 Å². The summed E-state index contributed by atoms with van der Waals surface area (Å²) in [6, 6.07) is 8.18. The van der Waals surface area contributed by atoms with Gasteiger partial charge in [-0.15, -0.1) is 0 Å². The Labute approximate surface area is 130 Å². The van der Waals surface area contributed by atoms with Crippen LogP contribution in [0.1, 0.15) is 61.0 Å². The zero-order chi connectivity index (χ0) is 16.5. The Hall–Kier alpha value is -0.963. The lowest BCUT2D eigenvalue weighted by Crippen LogP contribution is -2.57. The molecule has 0 aliphatic heterocycles. The molecule has 0 aliphatic rings. The molecule has 1 aromatic rings. The first-order valence-corrected chi connectivity index (χ1v) is 9.60. The Morgan fingerprint density at radius 2 is 1.38 bits per heavy atom. The van der Waals surface area contributed by atoms with E-state index in [2.05, 4.69) is 4.99 Å². The summed E-state index contributed by atoms with van der Waals surface area (Å²) in [5.74, 6) is 0. The Kier molecular flexibility index (Phi) is 5.20. The van der Waals surface area contributed by atoms with E-state index in [4.69, 9.17) is 0 Å². The van der Waals surface area contributed by atoms with E-state index in [1.54, 1.807) is 0 Å². The van der Waals surface area contributed by atoms with Crippen LogP contribution in [-0.2, 0) is 0 Å². The van der Waals surface area contributed by atoms with Gasteiger partial charge in [0, 0.05) is 12.3 Å². The fraction of sp³-hybridized carbons (Fsp3) is 0.611. The summed E-state index contributed by atoms with van der Waals surface area (Å²) in [5, 5.41) is 0.210. The standard InChI is InChI=1S/C18H30FNSi/c1-14(2)20-13-15-9-11-16(12-10-15)21(19,17(3,4)5)18(6,7)8/h9-14H,1-8H3. The smallest absolute Gasteiger partial charge is 0.288 e. The number of rotatable bonds is 3. The van der Waals surface area contributed by atoms with Crippen molar-refractivity contribution in [3.05, 3.63) is 29.8 Å². The van der Waals surface area contributed by atoms with Crippen molar-refractivity contribution in [2.24, 2.45) is 4.99 Å². The predicted octanol–water partition coefficient (Wildman–Crippen LogP) is 5.24. The van der Waals surface area contributed by atoms with Gasteiger partial charge in [-0.3, -0.25) is 4.99 Å². The Balaban J connectivity index is 3.24. The molecular formula is C18H30FNSi. The minimum absolute atomic E-state index is 0.281. The summed E-state index contributed by atoms with van der Waals surface area (Å²) in [5.41, 5.74) is 1.03. The van der Waals surface area contributed by atoms with Crippen LogP contribution in [0.3, 0.4) is 0 Å².